The van der Waals surface area contributed by atoms with Crippen LogP contribution in [0.2, 0.25) is 0 Å². The molecular weight excluding hydrogens is 306 g/mol. The van der Waals surface area contributed by atoms with Crippen molar-refractivity contribution < 1.29 is 4.79 Å². The van der Waals surface area contributed by atoms with E-state index in [1.54, 1.807) is 11.3 Å². The normalized spacial score (nSPS) is 24.5. The lowest BCUT2D eigenvalue weighted by Crippen LogP contribution is -2.40. The summed E-state index contributed by atoms with van der Waals surface area (Å²) in [6, 6.07) is 0.365. The standard InChI is InChI=1S/C18H23N3OS/c1-13-4-5-15-16(11-23-17(15)9-13)18(22)20-7-2-3-14(10-20)21-8-6-19-12-21/h6,8,11-14H,2-5,7,9-10H2,1H3/t13-,14+/m1/s1. The van der Waals surface area contributed by atoms with Crippen molar-refractivity contribution in [3.63, 3.8) is 0 Å². The molecule has 5 heteroatoms. The van der Waals surface area contributed by atoms with Crippen molar-refractivity contribution >= 4 is 17.2 Å². The maximum absolute atomic E-state index is 13.0. The van der Waals surface area contributed by atoms with Gasteiger partial charge in [-0.25, -0.2) is 4.98 Å². The molecule has 2 atom stereocenters. The number of nitrogens with zero attached hydrogens (tertiary/aromatic N) is 3. The van der Waals surface area contributed by atoms with E-state index in [1.807, 2.05) is 18.7 Å². The number of rotatable bonds is 2. The Kier molecular flexibility index (Phi) is 3.97. The number of piperidine rings is 1. The zero-order valence-corrected chi connectivity index (χ0v) is 14.4. The van der Waals surface area contributed by atoms with Crippen molar-refractivity contribution in [3.05, 3.63) is 40.1 Å². The summed E-state index contributed by atoms with van der Waals surface area (Å²) in [5, 5.41) is 2.10. The fourth-order valence-electron chi connectivity index (χ4n) is 3.90. The molecule has 1 saturated heterocycles. The minimum Gasteiger partial charge on any atom is -0.337 e. The Labute approximate surface area is 141 Å². The first-order valence-electron chi connectivity index (χ1n) is 8.58. The molecule has 1 fully saturated rings. The third-order valence-electron chi connectivity index (χ3n) is 5.26. The summed E-state index contributed by atoms with van der Waals surface area (Å²) < 4.78 is 2.14. The molecule has 0 N–H and O–H groups in total. The molecule has 4 nitrogen and oxygen atoms in total. The van der Waals surface area contributed by atoms with Gasteiger partial charge in [0.2, 0.25) is 0 Å². The highest BCUT2D eigenvalue weighted by Gasteiger charge is 2.29. The first-order chi connectivity index (χ1) is 11.2. The summed E-state index contributed by atoms with van der Waals surface area (Å²) >= 11 is 1.78. The van der Waals surface area contributed by atoms with Gasteiger partial charge in [-0.2, -0.15) is 0 Å². The van der Waals surface area contributed by atoms with Gasteiger partial charge in [0.1, 0.15) is 0 Å². The number of carbonyl (C=O) groups excluding carboxylic acids is 1. The quantitative estimate of drug-likeness (QED) is 0.845. The minimum atomic E-state index is 0.238. The molecule has 2 aromatic rings. The van der Waals surface area contributed by atoms with Crippen LogP contribution in [0.4, 0.5) is 0 Å². The van der Waals surface area contributed by atoms with Crippen LogP contribution in [0.25, 0.3) is 0 Å². The molecule has 0 spiro atoms. The number of imidazole rings is 1. The fraction of sp³-hybridized carbons (Fsp3) is 0.556. The number of aromatic nitrogens is 2. The second-order valence-electron chi connectivity index (χ2n) is 6.96. The molecule has 2 aliphatic rings. The van der Waals surface area contributed by atoms with E-state index >= 15 is 0 Å². The van der Waals surface area contributed by atoms with Crippen molar-refractivity contribution in [2.75, 3.05) is 13.1 Å². The molecule has 4 rings (SSSR count). The number of amides is 1. The van der Waals surface area contributed by atoms with Gasteiger partial charge in [-0.3, -0.25) is 4.79 Å². The second kappa shape index (κ2) is 6.11. The SMILES string of the molecule is C[C@@H]1CCc2c(C(=O)N3CCC[C@H](n4ccnc4)C3)csc2C1. The van der Waals surface area contributed by atoms with Gasteiger partial charge in [0.25, 0.3) is 5.91 Å². The van der Waals surface area contributed by atoms with E-state index < -0.39 is 0 Å². The van der Waals surface area contributed by atoms with Crippen LogP contribution in [0.5, 0.6) is 0 Å². The van der Waals surface area contributed by atoms with Gasteiger partial charge in [-0.15, -0.1) is 11.3 Å². The van der Waals surface area contributed by atoms with Crippen LogP contribution in [0, 0.1) is 5.92 Å². The topological polar surface area (TPSA) is 38.1 Å². The fourth-order valence-corrected chi connectivity index (χ4v) is 5.13. The second-order valence-corrected chi connectivity index (χ2v) is 7.92. The van der Waals surface area contributed by atoms with Gasteiger partial charge in [-0.05, 0) is 43.6 Å². The van der Waals surface area contributed by atoms with Crippen molar-refractivity contribution in [1.29, 1.82) is 0 Å². The Balaban J connectivity index is 1.53. The van der Waals surface area contributed by atoms with E-state index in [4.69, 9.17) is 0 Å². The molecule has 23 heavy (non-hydrogen) atoms. The number of thiophene rings is 1. The molecule has 1 amide bonds. The van der Waals surface area contributed by atoms with Crippen molar-refractivity contribution in [2.45, 2.75) is 45.1 Å². The highest BCUT2D eigenvalue weighted by molar-refractivity contribution is 7.10. The first kappa shape index (κ1) is 14.9. The largest absolute Gasteiger partial charge is 0.337 e. The molecule has 0 aromatic carbocycles. The predicted octanol–water partition coefficient (Wildman–Crippen LogP) is 3.55. The molecule has 1 aliphatic heterocycles. The molecule has 1 aliphatic carbocycles. The highest BCUT2D eigenvalue weighted by atomic mass is 32.1. The average molecular weight is 329 g/mol. The average Bonchev–Trinajstić information content (AvgIpc) is 3.23. The summed E-state index contributed by atoms with van der Waals surface area (Å²) in [6.07, 6.45) is 11.3. The van der Waals surface area contributed by atoms with Crippen LogP contribution in [0.1, 0.15) is 53.0 Å². The van der Waals surface area contributed by atoms with E-state index in [2.05, 4.69) is 26.8 Å². The highest BCUT2D eigenvalue weighted by Crippen LogP contribution is 2.34. The Hall–Kier alpha value is -1.62. The number of likely N-dealkylation sites (tertiary alicyclic amines) is 1. The smallest absolute Gasteiger partial charge is 0.255 e. The molecule has 0 saturated carbocycles. The summed E-state index contributed by atoms with van der Waals surface area (Å²) in [6.45, 7) is 3.99. The Morgan fingerprint density at radius 1 is 1.39 bits per heavy atom. The molecule has 0 bridgehead atoms. The molecule has 3 heterocycles. The lowest BCUT2D eigenvalue weighted by molar-refractivity contribution is 0.0678. The molecule has 0 radical (unpaired) electrons. The Bertz CT molecular complexity index is 691. The lowest BCUT2D eigenvalue weighted by atomic mass is 9.88. The van der Waals surface area contributed by atoms with Crippen LogP contribution in [-0.2, 0) is 12.8 Å². The van der Waals surface area contributed by atoms with Gasteiger partial charge in [0.15, 0.2) is 0 Å². The summed E-state index contributed by atoms with van der Waals surface area (Å²) in [5.41, 5.74) is 2.31. The van der Waals surface area contributed by atoms with Crippen LogP contribution >= 0.6 is 11.3 Å². The molecule has 122 valence electrons. The van der Waals surface area contributed by atoms with E-state index in [0.29, 0.717) is 6.04 Å². The van der Waals surface area contributed by atoms with Gasteiger partial charge in [0, 0.05) is 35.7 Å². The molecule has 0 unspecified atom stereocenters. The van der Waals surface area contributed by atoms with Gasteiger partial charge < -0.3 is 9.47 Å². The van der Waals surface area contributed by atoms with Gasteiger partial charge in [-0.1, -0.05) is 6.92 Å². The lowest BCUT2D eigenvalue weighted by Gasteiger charge is -2.33. The summed E-state index contributed by atoms with van der Waals surface area (Å²) in [4.78, 5) is 20.7. The van der Waals surface area contributed by atoms with Crippen LogP contribution in [0.3, 0.4) is 0 Å². The van der Waals surface area contributed by atoms with E-state index in [-0.39, 0.29) is 5.91 Å². The first-order valence-corrected chi connectivity index (χ1v) is 9.46. The van der Waals surface area contributed by atoms with E-state index in [0.717, 1.165) is 50.3 Å². The predicted molar refractivity (Wildman–Crippen MR) is 91.9 cm³/mol. The van der Waals surface area contributed by atoms with Crippen molar-refractivity contribution in [3.8, 4) is 0 Å². The Morgan fingerprint density at radius 2 is 2.30 bits per heavy atom. The maximum atomic E-state index is 13.0. The zero-order chi connectivity index (χ0) is 15.8. The number of carbonyl (C=O) groups is 1. The van der Waals surface area contributed by atoms with Gasteiger partial charge >= 0.3 is 0 Å². The number of fused-ring (bicyclic) bond motifs is 1. The monoisotopic (exact) mass is 329 g/mol. The minimum absolute atomic E-state index is 0.238. The van der Waals surface area contributed by atoms with Crippen molar-refractivity contribution in [2.24, 2.45) is 5.92 Å². The third-order valence-corrected chi connectivity index (χ3v) is 6.31. The third kappa shape index (κ3) is 2.82. The number of hydrogen-bond acceptors (Lipinski definition) is 3. The summed E-state index contributed by atoms with van der Waals surface area (Å²) in [5.74, 6) is 0.992. The number of hydrogen-bond donors (Lipinski definition) is 0. The van der Waals surface area contributed by atoms with Crippen LogP contribution < -0.4 is 0 Å². The maximum Gasteiger partial charge on any atom is 0.255 e. The van der Waals surface area contributed by atoms with Crippen LogP contribution in [0.15, 0.2) is 24.1 Å². The zero-order valence-electron chi connectivity index (χ0n) is 13.6. The van der Waals surface area contributed by atoms with Gasteiger partial charge in [0.05, 0.1) is 17.9 Å². The molecular formula is C18H23N3OS. The van der Waals surface area contributed by atoms with Crippen LogP contribution in [-0.4, -0.2) is 33.4 Å². The van der Waals surface area contributed by atoms with E-state index in [1.165, 1.54) is 16.9 Å². The Morgan fingerprint density at radius 3 is 3.13 bits per heavy atom. The summed E-state index contributed by atoms with van der Waals surface area (Å²) in [7, 11) is 0. The van der Waals surface area contributed by atoms with Crippen molar-refractivity contribution in [1.82, 2.24) is 14.5 Å². The van der Waals surface area contributed by atoms with E-state index in [9.17, 15) is 4.79 Å². The molecule has 2 aromatic heterocycles.